The Morgan fingerprint density at radius 3 is 2.25 bits per heavy atom. The predicted octanol–water partition coefficient (Wildman–Crippen LogP) is 4.43. The minimum absolute atomic E-state index is 0.0408. The van der Waals surface area contributed by atoms with Gasteiger partial charge in [-0.25, -0.2) is 4.98 Å². The zero-order chi connectivity index (χ0) is 14.9. The number of hydrogen-bond acceptors (Lipinski definition) is 2. The van der Waals surface area contributed by atoms with E-state index in [0.717, 1.165) is 25.7 Å². The molecule has 1 saturated carbocycles. The highest BCUT2D eigenvalue weighted by Gasteiger charge is 2.30. The van der Waals surface area contributed by atoms with Gasteiger partial charge in [-0.15, -0.1) is 0 Å². The van der Waals surface area contributed by atoms with Gasteiger partial charge in [-0.3, -0.25) is 4.79 Å². The average molecular weight is 315 g/mol. The molecule has 0 saturated heterocycles. The predicted molar refractivity (Wildman–Crippen MR) is 82.4 cm³/mol. The molecule has 1 aromatic heterocycles. The molecule has 0 atom stereocenters. The topological polar surface area (TPSA) is 33.2 Å². The fraction of sp³-hybridized carbons (Fsp3) is 0.600. The molecule has 3 nitrogen and oxygen atoms in total. The van der Waals surface area contributed by atoms with Crippen LogP contribution in [0, 0.1) is 5.41 Å². The lowest BCUT2D eigenvalue weighted by Crippen LogP contribution is -2.40. The largest absolute Gasteiger partial charge is 0.339 e. The highest BCUT2D eigenvalue weighted by Crippen LogP contribution is 2.36. The third-order valence-electron chi connectivity index (χ3n) is 4.19. The van der Waals surface area contributed by atoms with E-state index in [2.05, 4.69) is 18.8 Å². The molecule has 1 amide bonds. The van der Waals surface area contributed by atoms with Crippen LogP contribution in [0.2, 0.25) is 10.3 Å². The maximum absolute atomic E-state index is 12.5. The molecule has 0 N–H and O–H groups in total. The molecule has 5 heteroatoms. The van der Waals surface area contributed by atoms with Gasteiger partial charge in [-0.1, -0.05) is 37.0 Å². The zero-order valence-electron chi connectivity index (χ0n) is 12.1. The van der Waals surface area contributed by atoms with Gasteiger partial charge >= 0.3 is 0 Å². The second-order valence-corrected chi connectivity index (χ2v) is 7.09. The van der Waals surface area contributed by atoms with Crippen molar-refractivity contribution in [3.8, 4) is 0 Å². The Morgan fingerprint density at radius 2 is 1.75 bits per heavy atom. The Kier molecular flexibility index (Phi) is 4.60. The van der Waals surface area contributed by atoms with Crippen LogP contribution in [0.5, 0.6) is 0 Å². The molecule has 0 spiro atoms. The maximum atomic E-state index is 12.5. The SMILES string of the molecule is CN(C(=O)c1cc(Cl)nc(Cl)c1)C1CCC(C)(C)CC1. The van der Waals surface area contributed by atoms with Crippen LogP contribution in [0.3, 0.4) is 0 Å². The maximum Gasteiger partial charge on any atom is 0.254 e. The standard InChI is InChI=1S/C15H20Cl2N2O/c1-15(2)6-4-11(5-7-15)19(3)14(20)10-8-12(16)18-13(17)9-10/h8-9,11H,4-7H2,1-3H3. The van der Waals surface area contributed by atoms with Crippen LogP contribution >= 0.6 is 23.2 Å². The van der Waals surface area contributed by atoms with Crippen LogP contribution in [0.4, 0.5) is 0 Å². The summed E-state index contributed by atoms with van der Waals surface area (Å²) in [5.41, 5.74) is 0.895. The number of carbonyl (C=O) groups is 1. The number of aromatic nitrogens is 1. The van der Waals surface area contributed by atoms with Gasteiger partial charge in [0.25, 0.3) is 5.91 Å². The number of carbonyl (C=O) groups excluding carboxylic acids is 1. The van der Waals surface area contributed by atoms with Crippen molar-refractivity contribution in [1.29, 1.82) is 0 Å². The molecule has 1 aliphatic rings. The van der Waals surface area contributed by atoms with Crippen LogP contribution in [-0.2, 0) is 0 Å². The summed E-state index contributed by atoms with van der Waals surface area (Å²) in [6.07, 6.45) is 4.38. The molecule has 1 fully saturated rings. The number of halogens is 2. The van der Waals surface area contributed by atoms with Crippen molar-refractivity contribution >= 4 is 29.1 Å². The van der Waals surface area contributed by atoms with Crippen LogP contribution in [-0.4, -0.2) is 28.9 Å². The molecule has 0 unspecified atom stereocenters. The van der Waals surface area contributed by atoms with Crippen molar-refractivity contribution in [3.05, 3.63) is 28.0 Å². The first-order valence-corrected chi connectivity index (χ1v) is 7.64. The Balaban J connectivity index is 2.09. The molecule has 1 aliphatic carbocycles. The smallest absolute Gasteiger partial charge is 0.254 e. The van der Waals surface area contributed by atoms with Gasteiger partial charge < -0.3 is 4.90 Å². The van der Waals surface area contributed by atoms with E-state index in [-0.39, 0.29) is 16.2 Å². The quantitative estimate of drug-likeness (QED) is 0.757. The fourth-order valence-electron chi connectivity index (χ4n) is 2.73. The Hall–Kier alpha value is -0.800. The van der Waals surface area contributed by atoms with Crippen molar-refractivity contribution in [2.75, 3.05) is 7.05 Å². The van der Waals surface area contributed by atoms with Crippen LogP contribution in [0.15, 0.2) is 12.1 Å². The molecular formula is C15H20Cl2N2O. The van der Waals surface area contributed by atoms with E-state index in [4.69, 9.17) is 23.2 Å². The summed E-state index contributed by atoms with van der Waals surface area (Å²) in [6.45, 7) is 4.57. The van der Waals surface area contributed by atoms with E-state index in [0.29, 0.717) is 17.0 Å². The van der Waals surface area contributed by atoms with Gasteiger partial charge in [0.15, 0.2) is 0 Å². The zero-order valence-corrected chi connectivity index (χ0v) is 13.6. The molecule has 1 aromatic rings. The highest BCUT2D eigenvalue weighted by molar-refractivity contribution is 6.33. The Bertz CT molecular complexity index is 486. The summed E-state index contributed by atoms with van der Waals surface area (Å²) in [4.78, 5) is 18.2. The minimum atomic E-state index is -0.0408. The molecular weight excluding hydrogens is 295 g/mol. The van der Waals surface area contributed by atoms with Gasteiger partial charge in [0.2, 0.25) is 0 Å². The summed E-state index contributed by atoms with van der Waals surface area (Å²) in [5, 5.41) is 0.498. The van der Waals surface area contributed by atoms with Crippen molar-refractivity contribution in [1.82, 2.24) is 9.88 Å². The first-order chi connectivity index (χ1) is 9.28. The lowest BCUT2D eigenvalue weighted by atomic mass is 9.75. The molecule has 20 heavy (non-hydrogen) atoms. The fourth-order valence-corrected chi connectivity index (χ4v) is 3.19. The van der Waals surface area contributed by atoms with Gasteiger partial charge in [0.05, 0.1) is 0 Å². The molecule has 0 aliphatic heterocycles. The van der Waals surface area contributed by atoms with E-state index < -0.39 is 0 Å². The number of pyridine rings is 1. The van der Waals surface area contributed by atoms with E-state index in [1.54, 1.807) is 12.1 Å². The van der Waals surface area contributed by atoms with Gasteiger partial charge in [-0.05, 0) is 43.2 Å². The number of rotatable bonds is 2. The van der Waals surface area contributed by atoms with Crippen molar-refractivity contribution in [2.45, 2.75) is 45.6 Å². The van der Waals surface area contributed by atoms with Crippen molar-refractivity contribution < 1.29 is 4.79 Å². The summed E-state index contributed by atoms with van der Waals surface area (Å²) < 4.78 is 0. The first-order valence-electron chi connectivity index (χ1n) is 6.89. The summed E-state index contributed by atoms with van der Waals surface area (Å²) in [5.74, 6) is -0.0408. The lowest BCUT2D eigenvalue weighted by Gasteiger charge is -2.38. The van der Waals surface area contributed by atoms with Crippen LogP contribution in [0.25, 0.3) is 0 Å². The normalized spacial score (nSPS) is 18.9. The summed E-state index contributed by atoms with van der Waals surface area (Å²) >= 11 is 11.7. The monoisotopic (exact) mass is 314 g/mol. The third kappa shape index (κ3) is 3.64. The van der Waals surface area contributed by atoms with Gasteiger partial charge in [-0.2, -0.15) is 0 Å². The highest BCUT2D eigenvalue weighted by atomic mass is 35.5. The van der Waals surface area contributed by atoms with Crippen LogP contribution in [0.1, 0.15) is 49.9 Å². The molecule has 0 bridgehead atoms. The number of amides is 1. The third-order valence-corrected chi connectivity index (χ3v) is 4.57. The summed E-state index contributed by atoms with van der Waals surface area (Å²) in [7, 11) is 1.85. The Morgan fingerprint density at radius 1 is 1.25 bits per heavy atom. The number of nitrogens with zero attached hydrogens (tertiary/aromatic N) is 2. The van der Waals surface area contributed by atoms with Crippen molar-refractivity contribution in [3.63, 3.8) is 0 Å². The van der Waals surface area contributed by atoms with Gasteiger partial charge in [0.1, 0.15) is 10.3 Å². The molecule has 1 heterocycles. The minimum Gasteiger partial charge on any atom is -0.339 e. The Labute approximate surface area is 130 Å². The molecule has 0 radical (unpaired) electrons. The first kappa shape index (κ1) is 15.6. The number of hydrogen-bond donors (Lipinski definition) is 0. The molecule has 0 aromatic carbocycles. The second-order valence-electron chi connectivity index (χ2n) is 6.31. The van der Waals surface area contributed by atoms with E-state index in [9.17, 15) is 4.79 Å². The summed E-state index contributed by atoms with van der Waals surface area (Å²) in [6, 6.07) is 3.43. The van der Waals surface area contributed by atoms with E-state index in [1.807, 2.05) is 11.9 Å². The lowest BCUT2D eigenvalue weighted by molar-refractivity contribution is 0.0635. The van der Waals surface area contributed by atoms with Crippen LogP contribution < -0.4 is 0 Å². The van der Waals surface area contributed by atoms with Crippen molar-refractivity contribution in [2.24, 2.45) is 5.41 Å². The average Bonchev–Trinajstić information content (AvgIpc) is 2.36. The van der Waals surface area contributed by atoms with E-state index >= 15 is 0 Å². The molecule has 110 valence electrons. The van der Waals surface area contributed by atoms with E-state index in [1.165, 1.54) is 0 Å². The molecule has 2 rings (SSSR count). The van der Waals surface area contributed by atoms with Gasteiger partial charge in [0, 0.05) is 18.7 Å². The second kappa shape index (κ2) is 5.90.